The molecule has 0 bridgehead atoms. The van der Waals surface area contributed by atoms with Gasteiger partial charge in [-0.25, -0.2) is 0 Å². The van der Waals surface area contributed by atoms with Gasteiger partial charge in [0.1, 0.15) is 11.7 Å². The zero-order valence-corrected chi connectivity index (χ0v) is 10.3. The van der Waals surface area contributed by atoms with Crippen LogP contribution in [-0.2, 0) is 15.9 Å². The quantitative estimate of drug-likeness (QED) is 0.708. The molecule has 0 aliphatic heterocycles. The Labute approximate surface area is 102 Å². The molecule has 92 valence electrons. The summed E-state index contributed by atoms with van der Waals surface area (Å²) in [5.74, 6) is 0.447. The largest absolute Gasteiger partial charge is 0.497 e. The minimum atomic E-state index is -0.508. The minimum absolute atomic E-state index is 0.336. The zero-order valence-electron chi connectivity index (χ0n) is 10.3. The molecule has 0 fully saturated rings. The number of methoxy groups -OCH3 is 3. The first kappa shape index (κ1) is 13.5. The van der Waals surface area contributed by atoms with Gasteiger partial charge in [-0.1, -0.05) is 12.1 Å². The summed E-state index contributed by atoms with van der Waals surface area (Å²) in [6.45, 7) is 0. The molecule has 4 heteroatoms. The Balaban J connectivity index is 2.77. The van der Waals surface area contributed by atoms with Gasteiger partial charge in [0.2, 0.25) is 0 Å². The van der Waals surface area contributed by atoms with E-state index < -0.39 is 6.29 Å². The Morgan fingerprint density at radius 2 is 1.94 bits per heavy atom. The number of hydrogen-bond donors (Lipinski definition) is 0. The average molecular weight is 235 g/mol. The summed E-state index contributed by atoms with van der Waals surface area (Å²) in [7, 11) is 4.68. The Morgan fingerprint density at radius 1 is 1.24 bits per heavy atom. The van der Waals surface area contributed by atoms with Gasteiger partial charge in [0.15, 0.2) is 6.29 Å². The van der Waals surface area contributed by atoms with Gasteiger partial charge in [-0.3, -0.25) is 0 Å². The van der Waals surface area contributed by atoms with Crippen molar-refractivity contribution in [3.05, 3.63) is 29.8 Å². The van der Waals surface area contributed by atoms with Crippen molar-refractivity contribution in [1.29, 1.82) is 5.26 Å². The molecule has 0 saturated heterocycles. The second-order valence-electron chi connectivity index (χ2n) is 3.63. The molecule has 1 rings (SSSR count). The van der Waals surface area contributed by atoms with E-state index in [4.69, 9.17) is 19.5 Å². The number of hydrogen-bond acceptors (Lipinski definition) is 4. The Bertz CT molecular complexity index is 382. The average Bonchev–Trinajstić information content (AvgIpc) is 2.39. The summed E-state index contributed by atoms with van der Waals surface area (Å²) in [6.07, 6.45) is 0.0613. The van der Waals surface area contributed by atoms with Crippen LogP contribution in [0, 0.1) is 17.2 Å². The molecule has 4 nitrogen and oxygen atoms in total. The lowest BCUT2D eigenvalue weighted by Crippen LogP contribution is -2.25. The fourth-order valence-corrected chi connectivity index (χ4v) is 1.68. The Morgan fingerprint density at radius 3 is 2.47 bits per heavy atom. The smallest absolute Gasteiger partial charge is 0.172 e. The van der Waals surface area contributed by atoms with Crippen LogP contribution in [-0.4, -0.2) is 27.6 Å². The molecule has 1 atom stereocenters. The molecule has 0 N–H and O–H groups in total. The van der Waals surface area contributed by atoms with Crippen LogP contribution in [0.1, 0.15) is 5.56 Å². The normalized spacial score (nSPS) is 12.2. The van der Waals surface area contributed by atoms with Crippen LogP contribution in [0.25, 0.3) is 0 Å². The van der Waals surface area contributed by atoms with Crippen LogP contribution in [0.5, 0.6) is 5.75 Å². The summed E-state index contributed by atoms with van der Waals surface area (Å²) >= 11 is 0. The fraction of sp³-hybridized carbons (Fsp3) is 0.462. The van der Waals surface area contributed by atoms with E-state index >= 15 is 0 Å². The zero-order chi connectivity index (χ0) is 12.7. The second kappa shape index (κ2) is 6.89. The van der Waals surface area contributed by atoms with E-state index in [0.29, 0.717) is 6.42 Å². The predicted octanol–water partition coefficient (Wildman–Crippen LogP) is 2.00. The number of nitrogens with zero attached hydrogens (tertiary/aromatic N) is 1. The number of benzene rings is 1. The molecule has 0 saturated carbocycles. The molecular weight excluding hydrogens is 218 g/mol. The van der Waals surface area contributed by atoms with Crippen LogP contribution in [0.2, 0.25) is 0 Å². The van der Waals surface area contributed by atoms with Gasteiger partial charge in [0.25, 0.3) is 0 Å². The van der Waals surface area contributed by atoms with Crippen molar-refractivity contribution in [2.24, 2.45) is 5.92 Å². The summed E-state index contributed by atoms with van der Waals surface area (Å²) in [5.41, 5.74) is 1.02. The van der Waals surface area contributed by atoms with E-state index in [1.807, 2.05) is 24.3 Å². The maximum Gasteiger partial charge on any atom is 0.172 e. The van der Waals surface area contributed by atoms with Crippen molar-refractivity contribution < 1.29 is 14.2 Å². The van der Waals surface area contributed by atoms with Gasteiger partial charge in [-0.15, -0.1) is 0 Å². The SMILES string of the molecule is COc1cccc(CC(C#N)C(OC)OC)c1. The monoisotopic (exact) mass is 235 g/mol. The van der Waals surface area contributed by atoms with Gasteiger partial charge >= 0.3 is 0 Å². The van der Waals surface area contributed by atoms with Crippen molar-refractivity contribution in [3.63, 3.8) is 0 Å². The van der Waals surface area contributed by atoms with E-state index in [-0.39, 0.29) is 5.92 Å². The molecular formula is C13H17NO3. The third-order valence-electron chi connectivity index (χ3n) is 2.55. The maximum atomic E-state index is 9.11. The highest BCUT2D eigenvalue weighted by Crippen LogP contribution is 2.18. The van der Waals surface area contributed by atoms with Crippen LogP contribution in [0.4, 0.5) is 0 Å². The highest BCUT2D eigenvalue weighted by Gasteiger charge is 2.20. The number of ether oxygens (including phenoxy) is 3. The van der Waals surface area contributed by atoms with E-state index in [0.717, 1.165) is 11.3 Å². The van der Waals surface area contributed by atoms with Gasteiger partial charge in [0, 0.05) is 14.2 Å². The number of rotatable bonds is 6. The van der Waals surface area contributed by atoms with E-state index in [1.165, 1.54) is 14.2 Å². The summed E-state index contributed by atoms with van der Waals surface area (Å²) < 4.78 is 15.3. The van der Waals surface area contributed by atoms with Crippen molar-refractivity contribution in [2.75, 3.05) is 21.3 Å². The molecule has 1 aromatic rings. The first-order valence-electron chi connectivity index (χ1n) is 5.33. The summed E-state index contributed by atoms with van der Waals surface area (Å²) in [4.78, 5) is 0. The molecule has 0 aromatic heterocycles. The predicted molar refractivity (Wildman–Crippen MR) is 63.6 cm³/mol. The highest BCUT2D eigenvalue weighted by atomic mass is 16.7. The van der Waals surface area contributed by atoms with E-state index in [1.54, 1.807) is 7.11 Å². The van der Waals surface area contributed by atoms with Crippen molar-refractivity contribution >= 4 is 0 Å². The molecule has 0 aliphatic carbocycles. The standard InChI is InChI=1S/C13H17NO3/c1-15-12-6-4-5-10(8-12)7-11(9-14)13(16-2)17-3/h4-6,8,11,13H,7H2,1-3H3. The van der Waals surface area contributed by atoms with Gasteiger partial charge in [-0.05, 0) is 24.1 Å². The molecule has 0 heterocycles. The molecule has 0 amide bonds. The topological polar surface area (TPSA) is 51.5 Å². The third-order valence-corrected chi connectivity index (χ3v) is 2.55. The summed E-state index contributed by atoms with van der Waals surface area (Å²) in [5, 5.41) is 9.11. The molecule has 0 spiro atoms. The Hall–Kier alpha value is -1.57. The first-order valence-corrected chi connectivity index (χ1v) is 5.33. The van der Waals surface area contributed by atoms with Gasteiger partial charge in [0.05, 0.1) is 13.2 Å². The molecule has 17 heavy (non-hydrogen) atoms. The van der Waals surface area contributed by atoms with Crippen molar-refractivity contribution in [2.45, 2.75) is 12.7 Å². The van der Waals surface area contributed by atoms with Crippen LogP contribution >= 0.6 is 0 Å². The Kier molecular flexibility index (Phi) is 5.47. The fourth-order valence-electron chi connectivity index (χ4n) is 1.68. The first-order chi connectivity index (χ1) is 8.24. The second-order valence-corrected chi connectivity index (χ2v) is 3.63. The lowest BCUT2D eigenvalue weighted by molar-refractivity contribution is -0.124. The van der Waals surface area contributed by atoms with E-state index in [2.05, 4.69) is 6.07 Å². The highest BCUT2D eigenvalue weighted by molar-refractivity contribution is 5.29. The molecule has 1 unspecified atom stereocenters. The third kappa shape index (κ3) is 3.74. The number of nitriles is 1. The van der Waals surface area contributed by atoms with E-state index in [9.17, 15) is 0 Å². The van der Waals surface area contributed by atoms with Crippen LogP contribution < -0.4 is 4.74 Å². The molecule has 0 aliphatic rings. The van der Waals surface area contributed by atoms with Gasteiger partial charge < -0.3 is 14.2 Å². The van der Waals surface area contributed by atoms with Crippen molar-refractivity contribution in [3.8, 4) is 11.8 Å². The minimum Gasteiger partial charge on any atom is -0.497 e. The molecule has 1 aromatic carbocycles. The lowest BCUT2D eigenvalue weighted by Gasteiger charge is -2.19. The van der Waals surface area contributed by atoms with Crippen molar-refractivity contribution in [1.82, 2.24) is 0 Å². The van der Waals surface area contributed by atoms with Gasteiger partial charge in [-0.2, -0.15) is 5.26 Å². The lowest BCUT2D eigenvalue weighted by atomic mass is 10.00. The van der Waals surface area contributed by atoms with Crippen LogP contribution in [0.3, 0.4) is 0 Å². The molecule has 0 radical (unpaired) electrons. The van der Waals surface area contributed by atoms with Crippen LogP contribution in [0.15, 0.2) is 24.3 Å². The summed E-state index contributed by atoms with van der Waals surface area (Å²) in [6, 6.07) is 9.83. The maximum absolute atomic E-state index is 9.11.